The molecule has 12 nitrogen and oxygen atoms in total. The fourth-order valence-corrected chi connectivity index (χ4v) is 9.06. The summed E-state index contributed by atoms with van der Waals surface area (Å²) < 4.78 is 22.8. The quantitative estimate of drug-likeness (QED) is 0.0841. The molecule has 10 rings (SSSR count). The Balaban J connectivity index is 1.51. The third-order valence-electron chi connectivity index (χ3n) is 10.3. The van der Waals surface area contributed by atoms with E-state index >= 15 is 19.2 Å². The van der Waals surface area contributed by atoms with Crippen LogP contribution in [-0.2, 0) is 29.9 Å². The van der Waals surface area contributed by atoms with Crippen LogP contribution in [0, 0.1) is 0 Å². The molecule has 0 radical (unpaired) electrons. The smallest absolute Gasteiger partial charge is 0.317 e. The highest BCUT2D eigenvalue weighted by Gasteiger charge is 2.45. The molecule has 0 saturated carbocycles. The zero-order chi connectivity index (χ0) is 42.6. The summed E-state index contributed by atoms with van der Waals surface area (Å²) in [5.74, 6) is -2.80. The van der Waals surface area contributed by atoms with Crippen molar-refractivity contribution in [1.29, 1.82) is 0 Å². The fourth-order valence-electron chi connectivity index (χ4n) is 7.37. The van der Waals surface area contributed by atoms with Gasteiger partial charge in [0.15, 0.2) is 0 Å². The average Bonchev–Trinajstić information content (AvgIpc) is 3.16. The van der Waals surface area contributed by atoms with Crippen LogP contribution < -0.4 is 19.3 Å². The van der Waals surface area contributed by atoms with E-state index in [1.807, 2.05) is 67.5 Å². The lowest BCUT2D eigenvalue weighted by molar-refractivity contribution is -0.155. The molecule has 0 spiro atoms. The molecular weight excluding hydrogens is 793 g/mol. The van der Waals surface area contributed by atoms with E-state index in [1.165, 1.54) is 23.5 Å². The van der Waals surface area contributed by atoms with E-state index in [2.05, 4.69) is 0 Å². The molecule has 6 heterocycles. The zero-order valence-electron chi connectivity index (χ0n) is 34.4. The third-order valence-corrected chi connectivity index (χ3v) is 12.1. The van der Waals surface area contributed by atoms with E-state index in [0.717, 1.165) is 20.9 Å². The van der Waals surface area contributed by atoms with Crippen molar-refractivity contribution in [2.24, 2.45) is 0 Å². The summed E-state index contributed by atoms with van der Waals surface area (Å²) in [6, 6.07) is 13.8. The number of esters is 2. The molecule has 0 fully saturated rings. The minimum absolute atomic E-state index is 0.156. The number of anilines is 2. The molecule has 308 valence electrons. The van der Waals surface area contributed by atoms with Gasteiger partial charge in [0, 0.05) is 20.6 Å². The number of benzene rings is 4. The van der Waals surface area contributed by atoms with Crippen LogP contribution in [-0.4, -0.2) is 73.5 Å². The summed E-state index contributed by atoms with van der Waals surface area (Å²) in [4.78, 5) is 88.6. The number of imide groups is 2. The number of ether oxygens (including phenoxy) is 4. The fraction of sp³-hybridized carbons (Fsp3) is 0.378. The third kappa shape index (κ3) is 7.68. The number of nitrogens with zero attached hydrogens (tertiary/aromatic N) is 2. The first-order valence-corrected chi connectivity index (χ1v) is 21.5. The molecule has 0 saturated heterocycles. The first kappa shape index (κ1) is 41.8. The van der Waals surface area contributed by atoms with Crippen molar-refractivity contribution in [1.82, 2.24) is 0 Å². The van der Waals surface area contributed by atoms with Gasteiger partial charge in [-0.2, -0.15) is 0 Å². The van der Waals surface area contributed by atoms with Gasteiger partial charge in [0.2, 0.25) is 0 Å². The number of rotatable bonds is 4. The maximum atomic E-state index is 15.1. The second-order valence-corrected chi connectivity index (χ2v) is 18.9. The molecule has 4 aromatic carbocycles. The molecule has 8 bridgehead atoms. The number of hydrogen-bond acceptors (Lipinski definition) is 12. The largest absolute Gasteiger partial charge is 0.488 e. The highest BCUT2D eigenvalue weighted by molar-refractivity contribution is 7.99. The lowest BCUT2D eigenvalue weighted by Gasteiger charge is -2.35. The zero-order valence-corrected chi connectivity index (χ0v) is 36.0. The van der Waals surface area contributed by atoms with Crippen molar-refractivity contribution < 1.29 is 47.7 Å². The van der Waals surface area contributed by atoms with Crippen molar-refractivity contribution in [2.45, 2.75) is 82.4 Å². The molecule has 0 unspecified atom stereocenters. The minimum Gasteiger partial charge on any atom is -0.488 e. The van der Waals surface area contributed by atoms with Gasteiger partial charge >= 0.3 is 11.9 Å². The lowest BCUT2D eigenvalue weighted by Crippen LogP contribution is -2.44. The number of amides is 4. The van der Waals surface area contributed by atoms with E-state index in [0.29, 0.717) is 21.3 Å². The van der Waals surface area contributed by atoms with Gasteiger partial charge in [-0.05, 0) is 69.9 Å². The number of carbonyl (C=O) groups excluding carboxylic acids is 6. The van der Waals surface area contributed by atoms with Gasteiger partial charge in [0.05, 0.1) is 33.6 Å². The Morgan fingerprint density at radius 3 is 1.25 bits per heavy atom. The maximum absolute atomic E-state index is 15.1. The summed E-state index contributed by atoms with van der Waals surface area (Å²) in [7, 11) is 0. The summed E-state index contributed by atoms with van der Waals surface area (Å²) in [5.41, 5.74) is 1.97. The minimum atomic E-state index is -0.835. The van der Waals surface area contributed by atoms with Crippen molar-refractivity contribution in [3.63, 3.8) is 0 Å². The van der Waals surface area contributed by atoms with Crippen LogP contribution in [0.3, 0.4) is 0 Å². The van der Waals surface area contributed by atoms with Gasteiger partial charge in [-0.15, -0.1) is 23.5 Å². The number of thioether (sulfide) groups is 2. The summed E-state index contributed by atoms with van der Waals surface area (Å²) in [6.45, 7) is 15.1. The van der Waals surface area contributed by atoms with Crippen molar-refractivity contribution >= 4 is 81.2 Å². The number of fused-ring (bicyclic) bond motifs is 2. The molecule has 14 heteroatoms. The predicted octanol–water partition coefficient (Wildman–Crippen LogP) is 8.51. The molecule has 59 heavy (non-hydrogen) atoms. The normalized spacial score (nSPS) is 16.4. The first-order chi connectivity index (χ1) is 28.0. The van der Waals surface area contributed by atoms with Gasteiger partial charge in [0.25, 0.3) is 23.6 Å². The van der Waals surface area contributed by atoms with Gasteiger partial charge in [-0.25, -0.2) is 9.80 Å². The Bertz CT molecular complexity index is 2300. The average molecular weight is 839 g/mol. The Labute approximate surface area is 351 Å². The molecule has 0 N–H and O–H groups in total. The maximum Gasteiger partial charge on any atom is 0.317 e. The Kier molecular flexibility index (Phi) is 11.4. The van der Waals surface area contributed by atoms with E-state index in [4.69, 9.17) is 18.9 Å². The van der Waals surface area contributed by atoms with Crippen LogP contribution in [0.2, 0.25) is 0 Å². The topological polar surface area (TPSA) is 146 Å². The van der Waals surface area contributed by atoms with Crippen molar-refractivity contribution in [2.75, 3.05) is 47.7 Å². The predicted molar refractivity (Wildman–Crippen MR) is 227 cm³/mol. The van der Waals surface area contributed by atoms with Crippen LogP contribution in [0.1, 0.15) is 114 Å². The van der Waals surface area contributed by atoms with Gasteiger partial charge in [0.1, 0.15) is 44.3 Å². The Morgan fingerprint density at radius 2 is 0.898 bits per heavy atom. The van der Waals surface area contributed by atoms with Crippen molar-refractivity contribution in [3.05, 3.63) is 81.9 Å². The Morgan fingerprint density at radius 1 is 0.525 bits per heavy atom. The molecule has 4 aromatic rings. The Hall–Kier alpha value is -5.34. The molecule has 0 aliphatic carbocycles. The molecule has 0 atom stereocenters. The van der Waals surface area contributed by atoms with Crippen LogP contribution in [0.4, 0.5) is 11.4 Å². The standard InChI is InChI=1S/C45H46N2O10S2/c1-9-58-32-21-26-37-36-27-22-33(59-10-2)39(37)43(53)47(40(26)50)29-20-25(45(6,7)8)12-14-31(29)55-16-18-57-35(49)23-34(48)56-17-15-54-30-13-11-24(44(3,4)5)19-28(30)46(41(27)51)42(52)38(32)36/h11-14,19-22H,9-10,15-18,23H2,1-8H3. The van der Waals surface area contributed by atoms with Gasteiger partial charge < -0.3 is 18.9 Å². The highest BCUT2D eigenvalue weighted by Crippen LogP contribution is 2.49. The molecule has 6 aliphatic heterocycles. The second-order valence-electron chi connectivity index (χ2n) is 16.3. The first-order valence-electron chi connectivity index (χ1n) is 19.5. The lowest BCUT2D eigenvalue weighted by atomic mass is 9.84. The summed E-state index contributed by atoms with van der Waals surface area (Å²) in [5, 5.41) is 0.506. The molecule has 6 aliphatic rings. The van der Waals surface area contributed by atoms with E-state index in [9.17, 15) is 9.59 Å². The van der Waals surface area contributed by atoms with Crippen LogP contribution in [0.5, 0.6) is 11.5 Å². The van der Waals surface area contributed by atoms with Gasteiger partial charge in [-0.3, -0.25) is 28.8 Å². The second kappa shape index (κ2) is 16.0. The van der Waals surface area contributed by atoms with Gasteiger partial charge in [-0.1, -0.05) is 67.5 Å². The van der Waals surface area contributed by atoms with E-state index < -0.39 is 52.8 Å². The van der Waals surface area contributed by atoms with E-state index in [-0.39, 0.29) is 82.3 Å². The molecular formula is C45H46N2O10S2. The highest BCUT2D eigenvalue weighted by atomic mass is 32.2. The van der Waals surface area contributed by atoms with Crippen LogP contribution in [0.25, 0.3) is 10.8 Å². The molecule has 4 amide bonds. The van der Waals surface area contributed by atoms with Crippen LogP contribution in [0.15, 0.2) is 58.3 Å². The number of carbonyl (C=O) groups is 6. The number of hydrogen-bond donors (Lipinski definition) is 0. The van der Waals surface area contributed by atoms with E-state index in [1.54, 1.807) is 36.4 Å². The van der Waals surface area contributed by atoms with Crippen molar-refractivity contribution in [3.8, 4) is 11.5 Å². The summed E-state index contributed by atoms with van der Waals surface area (Å²) >= 11 is 2.71. The monoisotopic (exact) mass is 838 g/mol. The van der Waals surface area contributed by atoms with Crippen LogP contribution >= 0.6 is 23.5 Å². The molecule has 0 aromatic heterocycles. The SMILES string of the molecule is CCSc1cc2c3c4c(SCC)cc5c3c1C(=O)N(C5=O)c1cc(C(C)(C)C)ccc1OCCOC(=O)CC(=O)OCCOc1ccc(C(C)(C)C)cc1N(C2=O)C4=O. The summed E-state index contributed by atoms with van der Waals surface area (Å²) in [6.07, 6.45) is -0.660.